The first-order valence-corrected chi connectivity index (χ1v) is 7.26. The number of benzene rings is 1. The van der Waals surface area contributed by atoms with Crippen molar-refractivity contribution in [2.45, 2.75) is 32.4 Å². The van der Waals surface area contributed by atoms with Crippen molar-refractivity contribution in [1.82, 2.24) is 15.1 Å². The van der Waals surface area contributed by atoms with E-state index in [1.54, 1.807) is 11.6 Å². The fourth-order valence-corrected chi connectivity index (χ4v) is 2.22. The van der Waals surface area contributed by atoms with Gasteiger partial charge in [0, 0.05) is 12.1 Å². The molecule has 6 nitrogen and oxygen atoms in total. The number of nitrogens with one attached hydrogen (secondary N) is 1. The van der Waals surface area contributed by atoms with Gasteiger partial charge in [0.1, 0.15) is 6.04 Å². The fourth-order valence-electron chi connectivity index (χ4n) is 2.22. The van der Waals surface area contributed by atoms with Crippen LogP contribution < -0.4 is 5.32 Å². The first-order valence-electron chi connectivity index (χ1n) is 7.26. The average Bonchev–Trinajstić information content (AvgIpc) is 2.88. The summed E-state index contributed by atoms with van der Waals surface area (Å²) in [4.78, 5) is 23.1. The molecule has 2 aromatic rings. The number of carbonyl (C=O) groups is 2. The number of hydrogen-bond acceptors (Lipinski definition) is 3. The van der Waals surface area contributed by atoms with E-state index in [1.807, 2.05) is 30.3 Å². The molecule has 1 amide bonds. The molecule has 1 heterocycles. The van der Waals surface area contributed by atoms with E-state index in [0.717, 1.165) is 5.56 Å². The zero-order valence-corrected chi connectivity index (χ0v) is 12.9. The molecule has 8 heteroatoms. The number of amides is 1. The molecular formula is C16H17F2N3O3. The van der Waals surface area contributed by atoms with Crippen LogP contribution in [0.1, 0.15) is 28.0 Å². The monoisotopic (exact) mass is 337 g/mol. The van der Waals surface area contributed by atoms with Crippen molar-refractivity contribution in [3.63, 3.8) is 0 Å². The standard InChI is InChI=1S/C16H17F2N3O3/c1-10-12(15(22)20-13(16(23)24)7-14(17)18)8-19-21(10)9-11-5-3-2-4-6-11/h2-6,8,13-14H,7,9H2,1H3,(H,20,22)(H,23,24). The van der Waals surface area contributed by atoms with Gasteiger partial charge >= 0.3 is 5.97 Å². The molecule has 0 aliphatic rings. The van der Waals surface area contributed by atoms with E-state index < -0.39 is 30.8 Å². The molecule has 2 rings (SSSR count). The summed E-state index contributed by atoms with van der Waals surface area (Å²) in [6, 6.07) is 7.81. The van der Waals surface area contributed by atoms with Gasteiger partial charge < -0.3 is 10.4 Å². The topological polar surface area (TPSA) is 84.2 Å². The fraction of sp³-hybridized carbons (Fsp3) is 0.312. The van der Waals surface area contributed by atoms with Gasteiger partial charge in [-0.2, -0.15) is 5.10 Å². The maximum atomic E-state index is 12.4. The normalized spacial score (nSPS) is 12.2. The highest BCUT2D eigenvalue weighted by atomic mass is 19.3. The second kappa shape index (κ2) is 7.67. The number of halogens is 2. The highest BCUT2D eigenvalue weighted by Crippen LogP contribution is 2.12. The van der Waals surface area contributed by atoms with Crippen LogP contribution in [0, 0.1) is 6.92 Å². The third-order valence-electron chi connectivity index (χ3n) is 3.54. The molecule has 0 aliphatic carbocycles. The lowest BCUT2D eigenvalue weighted by molar-refractivity contribution is -0.140. The molecule has 1 aromatic heterocycles. The SMILES string of the molecule is Cc1c(C(=O)NC(CC(F)F)C(=O)O)cnn1Cc1ccccc1. The molecule has 1 unspecified atom stereocenters. The number of hydrogen-bond donors (Lipinski definition) is 2. The molecular weight excluding hydrogens is 320 g/mol. The van der Waals surface area contributed by atoms with Crippen LogP contribution in [0.3, 0.4) is 0 Å². The van der Waals surface area contributed by atoms with Crippen LogP contribution in [-0.2, 0) is 11.3 Å². The molecule has 0 saturated heterocycles. The Hall–Kier alpha value is -2.77. The second-order valence-electron chi connectivity index (χ2n) is 5.28. The number of carboxylic acids is 1. The first-order chi connectivity index (χ1) is 11.4. The van der Waals surface area contributed by atoms with E-state index in [2.05, 4.69) is 10.4 Å². The van der Waals surface area contributed by atoms with Crippen molar-refractivity contribution in [2.75, 3.05) is 0 Å². The van der Waals surface area contributed by atoms with Crippen LogP contribution in [-0.4, -0.2) is 39.2 Å². The highest BCUT2D eigenvalue weighted by Gasteiger charge is 2.26. The second-order valence-corrected chi connectivity index (χ2v) is 5.28. The van der Waals surface area contributed by atoms with Crippen molar-refractivity contribution >= 4 is 11.9 Å². The van der Waals surface area contributed by atoms with Gasteiger partial charge in [0.2, 0.25) is 6.43 Å². The van der Waals surface area contributed by atoms with Gasteiger partial charge in [-0.05, 0) is 12.5 Å². The lowest BCUT2D eigenvalue weighted by Gasteiger charge is -2.13. The summed E-state index contributed by atoms with van der Waals surface area (Å²) in [6.45, 7) is 2.10. The van der Waals surface area contributed by atoms with Crippen molar-refractivity contribution in [3.8, 4) is 0 Å². The maximum absolute atomic E-state index is 12.4. The Bertz CT molecular complexity index is 717. The number of carboxylic acid groups (broad SMARTS) is 1. The summed E-state index contributed by atoms with van der Waals surface area (Å²) < 4.78 is 26.4. The molecule has 1 aromatic carbocycles. The Morgan fingerprint density at radius 2 is 1.96 bits per heavy atom. The minimum absolute atomic E-state index is 0.159. The summed E-state index contributed by atoms with van der Waals surface area (Å²) >= 11 is 0. The van der Waals surface area contributed by atoms with Crippen molar-refractivity contribution in [2.24, 2.45) is 0 Å². The molecule has 2 N–H and O–H groups in total. The number of alkyl halides is 2. The molecule has 0 fully saturated rings. The van der Waals surface area contributed by atoms with E-state index in [0.29, 0.717) is 12.2 Å². The zero-order chi connectivity index (χ0) is 17.7. The lowest BCUT2D eigenvalue weighted by atomic mass is 10.1. The average molecular weight is 337 g/mol. The van der Waals surface area contributed by atoms with Crippen LogP contribution in [0.25, 0.3) is 0 Å². The summed E-state index contributed by atoms with van der Waals surface area (Å²) in [5.74, 6) is -2.24. The van der Waals surface area contributed by atoms with E-state index in [4.69, 9.17) is 5.11 Å². The molecule has 0 radical (unpaired) electrons. The summed E-state index contributed by atoms with van der Waals surface area (Å²) in [6.07, 6.45) is -2.47. The number of rotatable bonds is 7. The van der Waals surface area contributed by atoms with E-state index in [9.17, 15) is 18.4 Å². The smallest absolute Gasteiger partial charge is 0.326 e. The van der Waals surface area contributed by atoms with Crippen LogP contribution in [0.4, 0.5) is 8.78 Å². The van der Waals surface area contributed by atoms with Crippen molar-refractivity contribution in [3.05, 3.63) is 53.3 Å². The molecule has 1 atom stereocenters. The summed E-state index contributed by atoms with van der Waals surface area (Å²) in [5.41, 5.74) is 1.67. The Morgan fingerprint density at radius 3 is 2.54 bits per heavy atom. The van der Waals surface area contributed by atoms with Crippen LogP contribution in [0.15, 0.2) is 36.5 Å². The quantitative estimate of drug-likeness (QED) is 0.810. The lowest BCUT2D eigenvalue weighted by Crippen LogP contribution is -2.42. The molecule has 24 heavy (non-hydrogen) atoms. The Balaban J connectivity index is 2.11. The predicted octanol–water partition coefficient (Wildman–Crippen LogP) is 2.08. The molecule has 0 aliphatic heterocycles. The van der Waals surface area contributed by atoms with E-state index in [1.165, 1.54) is 6.20 Å². The predicted molar refractivity (Wildman–Crippen MR) is 82.0 cm³/mol. The number of nitrogens with zero attached hydrogens (tertiary/aromatic N) is 2. The van der Waals surface area contributed by atoms with Gasteiger partial charge in [-0.25, -0.2) is 13.6 Å². The van der Waals surface area contributed by atoms with Gasteiger partial charge in [-0.15, -0.1) is 0 Å². The minimum atomic E-state index is -2.83. The molecule has 0 saturated carbocycles. The Morgan fingerprint density at radius 1 is 1.29 bits per heavy atom. The number of aromatic nitrogens is 2. The van der Waals surface area contributed by atoms with Gasteiger partial charge in [0.25, 0.3) is 5.91 Å². The maximum Gasteiger partial charge on any atom is 0.326 e. The molecule has 128 valence electrons. The highest BCUT2D eigenvalue weighted by molar-refractivity contribution is 5.97. The third kappa shape index (κ3) is 4.37. The van der Waals surface area contributed by atoms with Gasteiger partial charge in [-0.3, -0.25) is 9.48 Å². The largest absolute Gasteiger partial charge is 0.480 e. The van der Waals surface area contributed by atoms with Gasteiger partial charge in [0.15, 0.2) is 0 Å². The first kappa shape index (κ1) is 17.6. The van der Waals surface area contributed by atoms with Crippen molar-refractivity contribution in [1.29, 1.82) is 0 Å². The summed E-state index contributed by atoms with van der Waals surface area (Å²) in [5, 5.41) is 15.1. The van der Waals surface area contributed by atoms with Gasteiger partial charge in [0.05, 0.1) is 18.3 Å². The van der Waals surface area contributed by atoms with Crippen LogP contribution in [0.2, 0.25) is 0 Å². The van der Waals surface area contributed by atoms with E-state index in [-0.39, 0.29) is 5.56 Å². The minimum Gasteiger partial charge on any atom is -0.480 e. The number of aliphatic carboxylic acids is 1. The Labute approximate surface area is 137 Å². The Kier molecular flexibility index (Phi) is 5.62. The van der Waals surface area contributed by atoms with Gasteiger partial charge in [-0.1, -0.05) is 30.3 Å². The summed E-state index contributed by atoms with van der Waals surface area (Å²) in [7, 11) is 0. The zero-order valence-electron chi connectivity index (χ0n) is 12.9. The van der Waals surface area contributed by atoms with Crippen molar-refractivity contribution < 1.29 is 23.5 Å². The molecule has 0 spiro atoms. The van der Waals surface area contributed by atoms with Crippen LogP contribution >= 0.6 is 0 Å². The number of carbonyl (C=O) groups excluding carboxylic acids is 1. The van der Waals surface area contributed by atoms with Crippen LogP contribution in [0.5, 0.6) is 0 Å². The molecule has 0 bridgehead atoms. The third-order valence-corrected chi connectivity index (χ3v) is 3.54. The van der Waals surface area contributed by atoms with E-state index >= 15 is 0 Å².